The van der Waals surface area contributed by atoms with E-state index in [1.807, 2.05) is 0 Å². The number of quaternary nitrogens is 1. The van der Waals surface area contributed by atoms with Crippen LogP contribution in [-0.2, 0) is 9.47 Å². The lowest BCUT2D eigenvalue weighted by atomic mass is 10.1. The van der Waals surface area contributed by atoms with Gasteiger partial charge in [-0.15, -0.1) is 0 Å². The fourth-order valence-corrected chi connectivity index (χ4v) is 2.32. The van der Waals surface area contributed by atoms with Gasteiger partial charge in [-0.3, -0.25) is 4.48 Å². The van der Waals surface area contributed by atoms with Gasteiger partial charge >= 0.3 is 0 Å². The maximum atomic E-state index is 6.20. The Bertz CT molecular complexity index is 246. The molecule has 0 aliphatic carbocycles. The summed E-state index contributed by atoms with van der Waals surface area (Å²) in [7, 11) is 4.42. The highest BCUT2D eigenvalue weighted by atomic mass is 16.6. The fraction of sp³-hybridized carbons (Fsp3) is 1.00. The average molecular weight is 303 g/mol. The molecule has 0 aromatic carbocycles. The van der Waals surface area contributed by atoms with Crippen molar-refractivity contribution in [2.24, 2.45) is 0 Å². The summed E-state index contributed by atoms with van der Waals surface area (Å²) >= 11 is 0. The Morgan fingerprint density at radius 1 is 0.667 bits per heavy atom. The standard InChI is InChI=1S/C18H40NO2/c1-9-11-13-15-20-17(3,4)19(7,8)18(5,6)21-16-14-12-10-2/h9-16H2,1-8H3/q+1. The minimum atomic E-state index is -0.262. The first-order valence-corrected chi connectivity index (χ1v) is 8.74. The lowest BCUT2D eigenvalue weighted by Crippen LogP contribution is -2.68. The zero-order valence-electron chi connectivity index (χ0n) is 15.9. The molecule has 0 aromatic rings. The van der Waals surface area contributed by atoms with E-state index in [-0.39, 0.29) is 11.4 Å². The predicted molar refractivity (Wildman–Crippen MR) is 91.2 cm³/mol. The van der Waals surface area contributed by atoms with Crippen molar-refractivity contribution in [2.75, 3.05) is 27.3 Å². The van der Waals surface area contributed by atoms with Crippen molar-refractivity contribution in [1.82, 2.24) is 0 Å². The first kappa shape index (κ1) is 20.9. The topological polar surface area (TPSA) is 18.5 Å². The lowest BCUT2D eigenvalue weighted by Gasteiger charge is -2.52. The maximum absolute atomic E-state index is 6.20. The molecule has 0 saturated heterocycles. The van der Waals surface area contributed by atoms with Crippen LogP contribution in [0.1, 0.15) is 80.1 Å². The lowest BCUT2D eigenvalue weighted by molar-refractivity contribution is -1.02. The molecular formula is C18H40NO2+. The molecule has 3 nitrogen and oxygen atoms in total. The van der Waals surface area contributed by atoms with Gasteiger partial charge in [0.15, 0.2) is 11.4 Å². The van der Waals surface area contributed by atoms with Gasteiger partial charge in [0.05, 0.1) is 27.3 Å². The molecule has 0 heterocycles. The van der Waals surface area contributed by atoms with Crippen LogP contribution in [0.4, 0.5) is 0 Å². The summed E-state index contributed by atoms with van der Waals surface area (Å²) in [5.41, 5.74) is -0.524. The van der Waals surface area contributed by atoms with E-state index in [1.54, 1.807) is 0 Å². The van der Waals surface area contributed by atoms with E-state index >= 15 is 0 Å². The van der Waals surface area contributed by atoms with Crippen molar-refractivity contribution < 1.29 is 14.0 Å². The first-order valence-electron chi connectivity index (χ1n) is 8.74. The quantitative estimate of drug-likeness (QED) is 0.288. The summed E-state index contributed by atoms with van der Waals surface area (Å²) in [6.07, 6.45) is 7.21. The number of hydrogen-bond acceptors (Lipinski definition) is 2. The second-order valence-corrected chi connectivity index (χ2v) is 7.46. The third-order valence-electron chi connectivity index (χ3n) is 5.10. The van der Waals surface area contributed by atoms with Gasteiger partial charge in [0.2, 0.25) is 0 Å². The molecule has 3 heteroatoms. The van der Waals surface area contributed by atoms with E-state index in [9.17, 15) is 0 Å². The van der Waals surface area contributed by atoms with E-state index in [0.29, 0.717) is 4.48 Å². The van der Waals surface area contributed by atoms with Crippen LogP contribution in [0, 0.1) is 0 Å². The van der Waals surface area contributed by atoms with E-state index in [4.69, 9.17) is 9.47 Å². The molecule has 0 fully saturated rings. The molecule has 21 heavy (non-hydrogen) atoms. The van der Waals surface area contributed by atoms with Gasteiger partial charge in [-0.25, -0.2) is 0 Å². The average Bonchev–Trinajstić information content (AvgIpc) is 2.39. The van der Waals surface area contributed by atoms with Gasteiger partial charge in [-0.2, -0.15) is 0 Å². The minimum absolute atomic E-state index is 0.262. The molecular weight excluding hydrogens is 262 g/mol. The molecule has 0 radical (unpaired) electrons. The van der Waals surface area contributed by atoms with Crippen LogP contribution in [0.25, 0.3) is 0 Å². The molecule has 0 rings (SSSR count). The van der Waals surface area contributed by atoms with Crippen molar-refractivity contribution in [3.63, 3.8) is 0 Å². The summed E-state index contributed by atoms with van der Waals surface area (Å²) in [6, 6.07) is 0. The molecule has 128 valence electrons. The van der Waals surface area contributed by atoms with Crippen LogP contribution in [0.2, 0.25) is 0 Å². The van der Waals surface area contributed by atoms with Crippen molar-refractivity contribution in [3.05, 3.63) is 0 Å². The predicted octanol–water partition coefficient (Wildman–Crippen LogP) is 4.95. The summed E-state index contributed by atoms with van der Waals surface area (Å²) in [5, 5.41) is 0. The highest BCUT2D eigenvalue weighted by molar-refractivity contribution is 4.65. The summed E-state index contributed by atoms with van der Waals surface area (Å²) in [4.78, 5) is 0. The van der Waals surface area contributed by atoms with E-state index in [1.165, 1.54) is 25.7 Å². The summed E-state index contributed by atoms with van der Waals surface area (Å²) in [6.45, 7) is 14.8. The van der Waals surface area contributed by atoms with Crippen molar-refractivity contribution in [1.29, 1.82) is 0 Å². The van der Waals surface area contributed by atoms with Gasteiger partial charge in [-0.1, -0.05) is 39.5 Å². The van der Waals surface area contributed by atoms with E-state index in [2.05, 4.69) is 55.6 Å². The van der Waals surface area contributed by atoms with Crippen molar-refractivity contribution in [2.45, 2.75) is 91.5 Å². The molecule has 0 atom stereocenters. The van der Waals surface area contributed by atoms with Gasteiger partial charge < -0.3 is 9.47 Å². The maximum Gasteiger partial charge on any atom is 0.199 e. The van der Waals surface area contributed by atoms with Crippen LogP contribution in [-0.4, -0.2) is 43.2 Å². The van der Waals surface area contributed by atoms with Crippen molar-refractivity contribution in [3.8, 4) is 0 Å². The van der Waals surface area contributed by atoms with E-state index in [0.717, 1.165) is 26.1 Å². The summed E-state index contributed by atoms with van der Waals surface area (Å²) in [5.74, 6) is 0. The molecule has 0 spiro atoms. The Balaban J connectivity index is 4.56. The van der Waals surface area contributed by atoms with Crippen LogP contribution in [0.3, 0.4) is 0 Å². The highest BCUT2D eigenvalue weighted by Crippen LogP contribution is 2.33. The number of unbranched alkanes of at least 4 members (excludes halogenated alkanes) is 4. The Labute approximate surface area is 133 Å². The molecule has 0 aromatic heterocycles. The molecule has 0 aliphatic rings. The van der Waals surface area contributed by atoms with Gasteiger partial charge in [0.25, 0.3) is 0 Å². The molecule has 0 saturated carbocycles. The van der Waals surface area contributed by atoms with Crippen molar-refractivity contribution >= 4 is 0 Å². The Morgan fingerprint density at radius 3 is 1.29 bits per heavy atom. The number of ether oxygens (including phenoxy) is 2. The van der Waals surface area contributed by atoms with Crippen LogP contribution in [0.5, 0.6) is 0 Å². The largest absolute Gasteiger partial charge is 0.327 e. The number of hydrogen-bond donors (Lipinski definition) is 0. The summed E-state index contributed by atoms with van der Waals surface area (Å²) < 4.78 is 13.1. The zero-order chi connectivity index (χ0) is 16.6. The third-order valence-corrected chi connectivity index (χ3v) is 5.10. The highest BCUT2D eigenvalue weighted by Gasteiger charge is 2.49. The second kappa shape index (κ2) is 9.12. The van der Waals surface area contributed by atoms with Gasteiger partial charge in [0.1, 0.15) is 0 Å². The Kier molecular flexibility index (Phi) is 9.06. The van der Waals surface area contributed by atoms with Gasteiger partial charge in [-0.05, 0) is 12.8 Å². The normalized spacial score (nSPS) is 13.7. The number of rotatable bonds is 12. The smallest absolute Gasteiger partial charge is 0.199 e. The Hall–Kier alpha value is -0.120. The van der Waals surface area contributed by atoms with Crippen LogP contribution in [0.15, 0.2) is 0 Å². The monoisotopic (exact) mass is 302 g/mol. The second-order valence-electron chi connectivity index (χ2n) is 7.46. The molecule has 0 amide bonds. The first-order chi connectivity index (χ1) is 9.62. The third kappa shape index (κ3) is 6.25. The molecule has 0 bridgehead atoms. The number of nitrogens with zero attached hydrogens (tertiary/aromatic N) is 1. The molecule has 0 aliphatic heterocycles. The fourth-order valence-electron chi connectivity index (χ4n) is 2.32. The van der Waals surface area contributed by atoms with Gasteiger partial charge in [0, 0.05) is 27.7 Å². The van der Waals surface area contributed by atoms with E-state index < -0.39 is 0 Å². The Morgan fingerprint density at radius 2 is 1.00 bits per heavy atom. The molecule has 0 unspecified atom stereocenters. The minimum Gasteiger partial charge on any atom is -0.327 e. The van der Waals surface area contributed by atoms with Crippen LogP contribution >= 0.6 is 0 Å². The molecule has 0 N–H and O–H groups in total. The van der Waals surface area contributed by atoms with Crippen LogP contribution < -0.4 is 0 Å². The SMILES string of the molecule is CCCCCOC(C)(C)[N+](C)(C)C(C)(C)OCCCCC. The zero-order valence-corrected chi connectivity index (χ0v) is 15.9.